The lowest BCUT2D eigenvalue weighted by Crippen LogP contribution is -2.13. The molecular formula is C33H60O4. The second-order valence-electron chi connectivity index (χ2n) is 10.4. The number of benzene rings is 1. The number of aryl methyl sites for hydroxylation is 1. The molecule has 0 unspecified atom stereocenters. The van der Waals surface area contributed by atoms with E-state index < -0.39 is 0 Å². The van der Waals surface area contributed by atoms with Crippen molar-refractivity contribution < 1.29 is 18.9 Å². The van der Waals surface area contributed by atoms with Crippen molar-refractivity contribution in [1.82, 2.24) is 0 Å². The second kappa shape index (κ2) is 27.9. The third-order valence-electron chi connectivity index (χ3n) is 6.88. The maximum absolute atomic E-state index is 5.79. The first-order chi connectivity index (χ1) is 18.4. The molecule has 0 saturated carbocycles. The predicted molar refractivity (Wildman–Crippen MR) is 158 cm³/mol. The normalized spacial score (nSPS) is 11.3. The lowest BCUT2D eigenvalue weighted by atomic mass is 10.0. The molecule has 0 aliphatic rings. The van der Waals surface area contributed by atoms with Gasteiger partial charge in [-0.2, -0.15) is 0 Å². The maximum atomic E-state index is 5.79. The van der Waals surface area contributed by atoms with Crippen molar-refractivity contribution in [3.05, 3.63) is 29.8 Å². The van der Waals surface area contributed by atoms with Crippen LogP contribution in [0.5, 0.6) is 5.75 Å². The van der Waals surface area contributed by atoms with Crippen LogP contribution in [-0.4, -0.2) is 46.2 Å². The summed E-state index contributed by atoms with van der Waals surface area (Å²) in [5, 5.41) is 0. The molecule has 4 nitrogen and oxygen atoms in total. The van der Waals surface area contributed by atoms with Gasteiger partial charge in [0.2, 0.25) is 0 Å². The van der Waals surface area contributed by atoms with Crippen LogP contribution in [0.3, 0.4) is 0 Å². The lowest BCUT2D eigenvalue weighted by molar-refractivity contribution is 0.00878. The highest BCUT2D eigenvalue weighted by molar-refractivity contribution is 5.27. The van der Waals surface area contributed by atoms with Gasteiger partial charge in [0.25, 0.3) is 0 Å². The van der Waals surface area contributed by atoms with Crippen LogP contribution >= 0.6 is 0 Å². The Morgan fingerprint density at radius 2 is 0.811 bits per heavy atom. The lowest BCUT2D eigenvalue weighted by Gasteiger charge is -2.09. The summed E-state index contributed by atoms with van der Waals surface area (Å²) < 4.78 is 22.6. The Labute approximate surface area is 230 Å². The molecule has 0 bridgehead atoms. The van der Waals surface area contributed by atoms with E-state index in [2.05, 4.69) is 38.1 Å². The molecule has 0 aliphatic heterocycles. The van der Waals surface area contributed by atoms with E-state index in [-0.39, 0.29) is 0 Å². The van der Waals surface area contributed by atoms with Gasteiger partial charge in [-0.05, 0) is 37.0 Å². The van der Waals surface area contributed by atoms with E-state index in [9.17, 15) is 0 Å². The average molecular weight is 521 g/mol. The Morgan fingerprint density at radius 1 is 0.405 bits per heavy atom. The van der Waals surface area contributed by atoms with Gasteiger partial charge in [0.05, 0.1) is 33.0 Å². The van der Waals surface area contributed by atoms with Crippen molar-refractivity contribution in [3.63, 3.8) is 0 Å². The summed E-state index contributed by atoms with van der Waals surface area (Å²) in [5.74, 6) is 0.919. The Morgan fingerprint density at radius 3 is 1.32 bits per heavy atom. The van der Waals surface area contributed by atoms with Gasteiger partial charge >= 0.3 is 0 Å². The van der Waals surface area contributed by atoms with Crippen molar-refractivity contribution in [2.24, 2.45) is 0 Å². The molecule has 0 aliphatic carbocycles. The Bertz CT molecular complexity index is 560. The van der Waals surface area contributed by atoms with Crippen LogP contribution in [0.25, 0.3) is 0 Å². The highest BCUT2D eigenvalue weighted by atomic mass is 16.6. The quantitative estimate of drug-likeness (QED) is 0.0986. The van der Waals surface area contributed by atoms with Crippen molar-refractivity contribution in [2.45, 2.75) is 129 Å². The number of hydrogen-bond donors (Lipinski definition) is 0. The van der Waals surface area contributed by atoms with E-state index in [0.29, 0.717) is 39.6 Å². The van der Waals surface area contributed by atoms with Crippen molar-refractivity contribution in [1.29, 1.82) is 0 Å². The third-order valence-corrected chi connectivity index (χ3v) is 6.88. The Kier molecular flexibility index (Phi) is 25.6. The third kappa shape index (κ3) is 23.7. The first-order valence-electron chi connectivity index (χ1n) is 15.8. The molecule has 216 valence electrons. The molecule has 0 radical (unpaired) electrons. The number of unbranched alkanes of at least 4 members (excludes halogenated alkanes) is 15. The molecule has 0 fully saturated rings. The smallest absolute Gasteiger partial charge is 0.119 e. The zero-order valence-corrected chi connectivity index (χ0v) is 24.6. The van der Waals surface area contributed by atoms with Gasteiger partial charge in [0.15, 0.2) is 0 Å². The monoisotopic (exact) mass is 520 g/mol. The van der Waals surface area contributed by atoms with Crippen LogP contribution in [0.2, 0.25) is 0 Å². The van der Waals surface area contributed by atoms with Crippen molar-refractivity contribution in [2.75, 3.05) is 46.2 Å². The molecule has 1 aromatic rings. The van der Waals surface area contributed by atoms with E-state index >= 15 is 0 Å². The molecule has 4 heteroatoms. The van der Waals surface area contributed by atoms with E-state index in [4.69, 9.17) is 18.9 Å². The van der Waals surface area contributed by atoms with E-state index in [1.165, 1.54) is 121 Å². The zero-order chi connectivity index (χ0) is 26.5. The summed E-state index contributed by atoms with van der Waals surface area (Å²) in [6.07, 6.45) is 24.2. The minimum absolute atomic E-state index is 0.569. The van der Waals surface area contributed by atoms with Crippen LogP contribution in [0.1, 0.15) is 129 Å². The topological polar surface area (TPSA) is 36.9 Å². The van der Waals surface area contributed by atoms with Crippen molar-refractivity contribution >= 4 is 0 Å². The highest BCUT2D eigenvalue weighted by Crippen LogP contribution is 2.15. The van der Waals surface area contributed by atoms with Crippen LogP contribution in [-0.2, 0) is 20.6 Å². The number of rotatable bonds is 29. The fourth-order valence-corrected chi connectivity index (χ4v) is 4.49. The molecule has 37 heavy (non-hydrogen) atoms. The molecular weight excluding hydrogens is 460 g/mol. The standard InChI is InChI=1S/C33H60O4/c1-3-5-7-9-11-12-13-15-17-19-25-34-26-27-35-28-29-36-30-31-37-33-23-21-32(22-24-33)20-18-16-14-10-8-6-4-2/h21-24H,3-20,25-31H2,1-2H3. The summed E-state index contributed by atoms with van der Waals surface area (Å²) in [7, 11) is 0. The summed E-state index contributed by atoms with van der Waals surface area (Å²) in [5.41, 5.74) is 1.40. The minimum atomic E-state index is 0.569. The SMILES string of the molecule is CCCCCCCCCCCCOCCOCCOCCOc1ccc(CCCCCCCCC)cc1. The number of hydrogen-bond acceptors (Lipinski definition) is 4. The van der Waals surface area contributed by atoms with Crippen LogP contribution in [0.15, 0.2) is 24.3 Å². The second-order valence-corrected chi connectivity index (χ2v) is 10.4. The first kappa shape index (κ1) is 33.9. The molecule has 0 heterocycles. The summed E-state index contributed by atoms with van der Waals surface area (Å²) in [6, 6.07) is 8.55. The van der Waals surface area contributed by atoms with Crippen molar-refractivity contribution in [3.8, 4) is 5.75 Å². The highest BCUT2D eigenvalue weighted by Gasteiger charge is 1.98. The largest absolute Gasteiger partial charge is 0.491 e. The Balaban J connectivity index is 1.79. The molecule has 1 aromatic carbocycles. The predicted octanol–water partition coefficient (Wildman–Crippen LogP) is 9.33. The molecule has 0 atom stereocenters. The summed E-state index contributed by atoms with van der Waals surface area (Å²) in [4.78, 5) is 0. The van der Waals surface area contributed by atoms with Gasteiger partial charge in [0, 0.05) is 6.61 Å². The molecule has 0 aromatic heterocycles. The van der Waals surface area contributed by atoms with Gasteiger partial charge < -0.3 is 18.9 Å². The zero-order valence-electron chi connectivity index (χ0n) is 24.6. The van der Waals surface area contributed by atoms with E-state index in [1.54, 1.807) is 0 Å². The van der Waals surface area contributed by atoms with Gasteiger partial charge in [0.1, 0.15) is 12.4 Å². The fraction of sp³-hybridized carbons (Fsp3) is 0.818. The van der Waals surface area contributed by atoms with E-state index in [1.807, 2.05) is 0 Å². The molecule has 0 N–H and O–H groups in total. The molecule has 1 rings (SSSR count). The average Bonchev–Trinajstić information content (AvgIpc) is 2.92. The first-order valence-corrected chi connectivity index (χ1v) is 15.8. The maximum Gasteiger partial charge on any atom is 0.119 e. The molecule has 0 amide bonds. The van der Waals surface area contributed by atoms with Gasteiger partial charge in [-0.3, -0.25) is 0 Å². The molecule has 0 saturated heterocycles. The van der Waals surface area contributed by atoms with E-state index in [0.717, 1.165) is 12.4 Å². The van der Waals surface area contributed by atoms with Gasteiger partial charge in [-0.1, -0.05) is 122 Å². The van der Waals surface area contributed by atoms with Crippen LogP contribution in [0.4, 0.5) is 0 Å². The van der Waals surface area contributed by atoms with Crippen LogP contribution < -0.4 is 4.74 Å². The summed E-state index contributed by atoms with van der Waals surface area (Å²) >= 11 is 0. The van der Waals surface area contributed by atoms with Crippen LogP contribution in [0, 0.1) is 0 Å². The summed E-state index contributed by atoms with van der Waals surface area (Å²) in [6.45, 7) is 9.07. The van der Waals surface area contributed by atoms with Gasteiger partial charge in [-0.15, -0.1) is 0 Å². The fourth-order valence-electron chi connectivity index (χ4n) is 4.49. The minimum Gasteiger partial charge on any atom is -0.491 e. The molecule has 0 spiro atoms. The Hall–Kier alpha value is -1.10. The van der Waals surface area contributed by atoms with Gasteiger partial charge in [-0.25, -0.2) is 0 Å². The number of ether oxygens (including phenoxy) is 4.